The number of carboxylic acids is 1. The third-order valence-corrected chi connectivity index (χ3v) is 2.96. The van der Waals surface area contributed by atoms with E-state index in [4.69, 9.17) is 15.1 Å². The van der Waals surface area contributed by atoms with Gasteiger partial charge >= 0.3 is 5.97 Å². The molecule has 1 saturated carbocycles. The summed E-state index contributed by atoms with van der Waals surface area (Å²) in [5.41, 5.74) is 0.508. The van der Waals surface area contributed by atoms with Crippen LogP contribution in [-0.2, 0) is 9.59 Å². The van der Waals surface area contributed by atoms with Gasteiger partial charge in [-0.05, 0) is 37.1 Å². The molecule has 1 fully saturated rings. The van der Waals surface area contributed by atoms with Crippen molar-refractivity contribution in [1.29, 1.82) is 5.26 Å². The van der Waals surface area contributed by atoms with Crippen LogP contribution in [0.3, 0.4) is 0 Å². The molecule has 0 heterocycles. The summed E-state index contributed by atoms with van der Waals surface area (Å²) >= 11 is 0. The first-order chi connectivity index (χ1) is 9.60. The fraction of sp³-hybridized carbons (Fsp3) is 0.357. The Labute approximate surface area is 116 Å². The zero-order valence-electron chi connectivity index (χ0n) is 10.8. The highest BCUT2D eigenvalue weighted by molar-refractivity contribution is 5.83. The average Bonchev–Trinajstić information content (AvgIpc) is 3.27. The van der Waals surface area contributed by atoms with Crippen molar-refractivity contribution >= 4 is 11.9 Å². The van der Waals surface area contributed by atoms with Crippen molar-refractivity contribution < 1.29 is 19.4 Å². The molecule has 0 aliphatic heterocycles. The monoisotopic (exact) mass is 274 g/mol. The standard InChI is InChI=1S/C14H14N2O4/c15-7-10-1-5-12(6-2-10)20-9-13(17)16(8-14(18)19)11-3-4-11/h1-2,5-6,11H,3-4,8-9H2,(H,18,19). The van der Waals surface area contributed by atoms with Crippen LogP contribution in [0.2, 0.25) is 0 Å². The number of carboxylic acid groups (broad SMARTS) is 1. The van der Waals surface area contributed by atoms with Crippen LogP contribution in [0.5, 0.6) is 5.75 Å². The van der Waals surface area contributed by atoms with E-state index in [9.17, 15) is 9.59 Å². The van der Waals surface area contributed by atoms with Gasteiger partial charge in [-0.25, -0.2) is 0 Å². The van der Waals surface area contributed by atoms with Gasteiger partial charge in [-0.2, -0.15) is 5.26 Å². The Morgan fingerprint density at radius 3 is 2.50 bits per heavy atom. The van der Waals surface area contributed by atoms with E-state index in [1.807, 2.05) is 6.07 Å². The van der Waals surface area contributed by atoms with Crippen LogP contribution in [-0.4, -0.2) is 41.1 Å². The molecule has 20 heavy (non-hydrogen) atoms. The van der Waals surface area contributed by atoms with Gasteiger partial charge in [-0.3, -0.25) is 9.59 Å². The molecule has 6 heteroatoms. The molecule has 0 unspecified atom stereocenters. The smallest absolute Gasteiger partial charge is 0.323 e. The number of aliphatic carboxylic acids is 1. The molecule has 1 aromatic carbocycles. The van der Waals surface area contributed by atoms with Crippen molar-refractivity contribution in [3.63, 3.8) is 0 Å². The Hall–Kier alpha value is -2.55. The fourth-order valence-electron chi connectivity index (χ4n) is 1.81. The molecule has 1 N–H and O–H groups in total. The van der Waals surface area contributed by atoms with Crippen molar-refractivity contribution in [3.05, 3.63) is 29.8 Å². The van der Waals surface area contributed by atoms with Gasteiger partial charge in [-0.1, -0.05) is 0 Å². The largest absolute Gasteiger partial charge is 0.484 e. The van der Waals surface area contributed by atoms with Crippen molar-refractivity contribution in [2.24, 2.45) is 0 Å². The van der Waals surface area contributed by atoms with Gasteiger partial charge in [0, 0.05) is 6.04 Å². The number of nitriles is 1. The van der Waals surface area contributed by atoms with E-state index in [0.29, 0.717) is 11.3 Å². The van der Waals surface area contributed by atoms with Crippen LogP contribution in [0.15, 0.2) is 24.3 Å². The van der Waals surface area contributed by atoms with Crippen LogP contribution in [0, 0.1) is 11.3 Å². The summed E-state index contributed by atoms with van der Waals surface area (Å²) in [5.74, 6) is -0.883. The van der Waals surface area contributed by atoms with Crippen molar-refractivity contribution in [2.75, 3.05) is 13.2 Å². The molecule has 0 saturated heterocycles. The van der Waals surface area contributed by atoms with Crippen LogP contribution in [0.4, 0.5) is 0 Å². The molecule has 2 rings (SSSR count). The summed E-state index contributed by atoms with van der Waals surface area (Å²) in [5, 5.41) is 17.5. The molecule has 1 aliphatic carbocycles. The molecular weight excluding hydrogens is 260 g/mol. The van der Waals surface area contributed by atoms with Gasteiger partial charge in [0.05, 0.1) is 11.6 Å². The van der Waals surface area contributed by atoms with E-state index in [2.05, 4.69) is 0 Å². The third-order valence-electron chi connectivity index (χ3n) is 2.96. The normalized spacial score (nSPS) is 13.3. The lowest BCUT2D eigenvalue weighted by Crippen LogP contribution is -2.40. The first kappa shape index (κ1) is 13.9. The van der Waals surface area contributed by atoms with E-state index < -0.39 is 5.97 Å². The number of hydrogen-bond acceptors (Lipinski definition) is 4. The Kier molecular flexibility index (Phi) is 4.20. The maximum absolute atomic E-state index is 11.9. The summed E-state index contributed by atoms with van der Waals surface area (Å²) in [7, 11) is 0. The zero-order valence-corrected chi connectivity index (χ0v) is 10.8. The first-order valence-electron chi connectivity index (χ1n) is 6.24. The molecule has 0 radical (unpaired) electrons. The number of hydrogen-bond donors (Lipinski definition) is 1. The Morgan fingerprint density at radius 2 is 2.00 bits per heavy atom. The van der Waals surface area contributed by atoms with Crippen LogP contribution < -0.4 is 4.74 Å². The SMILES string of the molecule is N#Cc1ccc(OCC(=O)N(CC(=O)O)C2CC2)cc1. The number of carbonyl (C=O) groups is 2. The van der Waals surface area contributed by atoms with E-state index in [1.165, 1.54) is 4.90 Å². The predicted octanol–water partition coefficient (Wildman–Crippen LogP) is 1.01. The van der Waals surface area contributed by atoms with Gasteiger partial charge in [0.2, 0.25) is 0 Å². The van der Waals surface area contributed by atoms with E-state index in [-0.39, 0.29) is 25.1 Å². The lowest BCUT2D eigenvalue weighted by atomic mass is 10.2. The average molecular weight is 274 g/mol. The minimum Gasteiger partial charge on any atom is -0.484 e. The summed E-state index contributed by atoms with van der Waals surface area (Å²) in [6, 6.07) is 8.41. The first-order valence-corrected chi connectivity index (χ1v) is 6.24. The second-order valence-electron chi connectivity index (χ2n) is 4.57. The van der Waals surface area contributed by atoms with Crippen molar-refractivity contribution in [2.45, 2.75) is 18.9 Å². The fourth-order valence-corrected chi connectivity index (χ4v) is 1.81. The summed E-state index contributed by atoms with van der Waals surface area (Å²) in [6.45, 7) is -0.490. The molecule has 0 spiro atoms. The van der Waals surface area contributed by atoms with Gasteiger partial charge in [0.1, 0.15) is 12.3 Å². The number of benzene rings is 1. The van der Waals surface area contributed by atoms with Crippen molar-refractivity contribution in [3.8, 4) is 11.8 Å². The molecule has 104 valence electrons. The van der Waals surface area contributed by atoms with Gasteiger partial charge < -0.3 is 14.7 Å². The minimum absolute atomic E-state index is 0.0307. The summed E-state index contributed by atoms with van der Waals surface area (Å²) in [4.78, 5) is 24.0. The van der Waals surface area contributed by atoms with Crippen LogP contribution >= 0.6 is 0 Å². The maximum atomic E-state index is 11.9. The molecule has 1 aromatic rings. The highest BCUT2D eigenvalue weighted by atomic mass is 16.5. The maximum Gasteiger partial charge on any atom is 0.323 e. The molecule has 1 amide bonds. The molecule has 6 nitrogen and oxygen atoms in total. The van der Waals surface area contributed by atoms with Crippen molar-refractivity contribution in [1.82, 2.24) is 4.90 Å². The lowest BCUT2D eigenvalue weighted by Gasteiger charge is -2.20. The summed E-state index contributed by atoms with van der Waals surface area (Å²) in [6.07, 6.45) is 1.69. The minimum atomic E-state index is -1.02. The van der Waals surface area contributed by atoms with E-state index in [0.717, 1.165) is 12.8 Å². The molecule has 0 bridgehead atoms. The van der Waals surface area contributed by atoms with E-state index in [1.54, 1.807) is 24.3 Å². The number of amides is 1. The van der Waals surface area contributed by atoms with Gasteiger partial charge in [0.25, 0.3) is 5.91 Å². The quantitative estimate of drug-likeness (QED) is 0.836. The Morgan fingerprint density at radius 1 is 1.35 bits per heavy atom. The lowest BCUT2D eigenvalue weighted by molar-refractivity contribution is -0.145. The predicted molar refractivity (Wildman–Crippen MR) is 69.0 cm³/mol. The second kappa shape index (κ2) is 6.06. The zero-order chi connectivity index (χ0) is 14.5. The third kappa shape index (κ3) is 3.72. The molecular formula is C14H14N2O4. The van der Waals surface area contributed by atoms with Crippen LogP contribution in [0.1, 0.15) is 18.4 Å². The highest BCUT2D eigenvalue weighted by Crippen LogP contribution is 2.26. The van der Waals surface area contributed by atoms with Gasteiger partial charge in [-0.15, -0.1) is 0 Å². The Balaban J connectivity index is 1.89. The second-order valence-corrected chi connectivity index (χ2v) is 4.57. The topological polar surface area (TPSA) is 90.6 Å². The van der Waals surface area contributed by atoms with Gasteiger partial charge in [0.15, 0.2) is 6.61 Å². The number of ether oxygens (including phenoxy) is 1. The number of rotatable bonds is 6. The molecule has 0 atom stereocenters. The number of carbonyl (C=O) groups excluding carboxylic acids is 1. The molecule has 0 aromatic heterocycles. The van der Waals surface area contributed by atoms with E-state index >= 15 is 0 Å². The van der Waals surface area contributed by atoms with Crippen LogP contribution in [0.25, 0.3) is 0 Å². The Bertz CT molecular complexity index is 543. The highest BCUT2D eigenvalue weighted by Gasteiger charge is 2.33. The molecule has 1 aliphatic rings. The number of nitrogens with zero attached hydrogens (tertiary/aromatic N) is 2. The summed E-state index contributed by atoms with van der Waals surface area (Å²) < 4.78 is 5.31.